The smallest absolute Gasteiger partial charge is 0.461 e. The maximum atomic E-state index is 17.1. The summed E-state index contributed by atoms with van der Waals surface area (Å²) < 4.78 is 55.5. The molecule has 12 nitrogen and oxygen atoms in total. The Morgan fingerprint density at radius 2 is 2.06 bits per heavy atom. The summed E-state index contributed by atoms with van der Waals surface area (Å²) in [6, 6.07) is 1.71. The van der Waals surface area contributed by atoms with Crippen LogP contribution in [0, 0.1) is 5.82 Å². The third-order valence-electron chi connectivity index (χ3n) is 10.8. The third kappa shape index (κ3) is 4.78. The molecule has 11 rings (SSSR count). The van der Waals surface area contributed by atoms with E-state index >= 15 is 4.39 Å². The maximum Gasteiger partial charge on any atom is 0.508 e. The highest BCUT2D eigenvalue weighted by Crippen LogP contribution is 2.49. The Bertz CT molecular complexity index is 1970. The minimum Gasteiger partial charge on any atom is -0.461 e. The zero-order chi connectivity index (χ0) is 32.8. The first-order valence-electron chi connectivity index (χ1n) is 16.4. The number of aromatic nitrogens is 5. The number of morpholine rings is 1. The van der Waals surface area contributed by atoms with Crippen molar-refractivity contribution < 1.29 is 32.5 Å². The van der Waals surface area contributed by atoms with Crippen molar-refractivity contribution in [2.45, 2.75) is 68.4 Å². The summed E-state index contributed by atoms with van der Waals surface area (Å²) in [5.74, 6) is -0.217. The van der Waals surface area contributed by atoms with Crippen molar-refractivity contribution >= 4 is 45.4 Å². The number of anilines is 1. The van der Waals surface area contributed by atoms with Gasteiger partial charge >= 0.3 is 12.2 Å². The number of rotatable bonds is 3. The van der Waals surface area contributed by atoms with Gasteiger partial charge in [-0.15, -0.1) is 0 Å². The van der Waals surface area contributed by atoms with Gasteiger partial charge < -0.3 is 23.8 Å². The normalized spacial score (nSPS) is 30.2. The lowest BCUT2D eigenvalue weighted by Gasteiger charge is -2.56. The van der Waals surface area contributed by atoms with E-state index in [0.29, 0.717) is 83.8 Å². The van der Waals surface area contributed by atoms with E-state index in [1.807, 2.05) is 11.8 Å². The fraction of sp³-hybridized carbons (Fsp3) is 0.545. The van der Waals surface area contributed by atoms with Gasteiger partial charge in [-0.2, -0.15) is 15.1 Å². The summed E-state index contributed by atoms with van der Waals surface area (Å²) >= 11 is 6.77. The molecule has 2 atom stereocenters. The predicted octanol–water partition coefficient (Wildman–Crippen LogP) is 5.15. The standard InChI is InChI=1S/C33H34ClF2N7O5/c1-31-14-33(15-31)16-42(6-8-47-33)28-21-11-37-27(24-19(3-7-45-30(44)48-31)22(34)9-23-20(24)12-38-41-23)25(36)26(21)39-29(40-28)46-17-32-4-2-5-43(32)13-18(35)10-32/h9,11-12,18H,2-8,10,13-17H2,1H3,(H,38,41)/t18-,31?,32+,33?/m1/s1. The van der Waals surface area contributed by atoms with Crippen LogP contribution >= 0.6 is 11.6 Å². The number of halogens is 3. The number of pyridine rings is 1. The number of benzene rings is 1. The highest BCUT2D eigenvalue weighted by Gasteiger charge is 2.58. The number of H-pyrrole nitrogens is 1. The average molecular weight is 682 g/mol. The molecule has 48 heavy (non-hydrogen) atoms. The molecule has 0 unspecified atom stereocenters. The van der Waals surface area contributed by atoms with Crippen molar-refractivity contribution in [1.29, 1.82) is 0 Å². The van der Waals surface area contributed by atoms with Crippen LogP contribution in [-0.4, -0.2) is 105 Å². The van der Waals surface area contributed by atoms with E-state index in [4.69, 9.17) is 35.5 Å². The maximum absolute atomic E-state index is 17.1. The van der Waals surface area contributed by atoms with Gasteiger partial charge in [0.1, 0.15) is 35.4 Å². The molecule has 1 aliphatic carbocycles. The SMILES string of the molecule is CC12CC3(CN(CCO3)c3nc(OC[C@@]45CCCN4C[C@H](F)C5)nc4c(F)c(ncc34)-c3c(c(Cl)cc4[nH]ncc34)CCOC(=O)O1)C2. The number of fused-ring (bicyclic) bond motifs is 2. The summed E-state index contributed by atoms with van der Waals surface area (Å²) in [4.78, 5) is 31.1. The Morgan fingerprint density at radius 3 is 2.94 bits per heavy atom. The Morgan fingerprint density at radius 1 is 1.19 bits per heavy atom. The van der Waals surface area contributed by atoms with Crippen molar-refractivity contribution in [3.8, 4) is 17.3 Å². The van der Waals surface area contributed by atoms with Crippen molar-refractivity contribution in [1.82, 2.24) is 30.0 Å². The first-order chi connectivity index (χ1) is 23.1. The molecule has 7 aliphatic rings. The molecule has 7 bridgehead atoms. The number of carbonyl (C=O) groups is 1. The lowest BCUT2D eigenvalue weighted by atomic mass is 9.67. The number of carbonyl (C=O) groups excluding carboxylic acids is 1. The van der Waals surface area contributed by atoms with Crippen LogP contribution in [0.5, 0.6) is 6.01 Å². The minimum atomic E-state index is -0.918. The highest BCUT2D eigenvalue weighted by molar-refractivity contribution is 6.33. The fourth-order valence-electron chi connectivity index (χ4n) is 8.86. The van der Waals surface area contributed by atoms with Crippen LogP contribution in [0.15, 0.2) is 18.5 Å². The van der Waals surface area contributed by atoms with Crippen LogP contribution in [0.2, 0.25) is 5.02 Å². The molecule has 3 aromatic heterocycles. The van der Waals surface area contributed by atoms with Crippen molar-refractivity contribution in [3.05, 3.63) is 34.9 Å². The second-order valence-electron chi connectivity index (χ2n) is 14.1. The Kier molecular flexibility index (Phi) is 6.80. The summed E-state index contributed by atoms with van der Waals surface area (Å²) in [6.45, 7) is 4.49. The van der Waals surface area contributed by atoms with Gasteiger partial charge in [-0.3, -0.25) is 15.0 Å². The van der Waals surface area contributed by atoms with E-state index < -0.39 is 34.9 Å². The van der Waals surface area contributed by atoms with E-state index in [9.17, 15) is 9.18 Å². The average Bonchev–Trinajstić information content (AvgIpc) is 3.73. The van der Waals surface area contributed by atoms with Crippen LogP contribution in [-0.2, 0) is 20.6 Å². The number of alkyl halides is 1. The Balaban J connectivity index is 1.21. The van der Waals surface area contributed by atoms with E-state index in [1.54, 1.807) is 18.5 Å². The zero-order valence-electron chi connectivity index (χ0n) is 26.4. The highest BCUT2D eigenvalue weighted by atomic mass is 35.5. The van der Waals surface area contributed by atoms with Crippen LogP contribution in [0.3, 0.4) is 0 Å². The zero-order valence-corrected chi connectivity index (χ0v) is 27.1. The molecule has 3 saturated heterocycles. The molecule has 1 aromatic carbocycles. The summed E-state index contributed by atoms with van der Waals surface area (Å²) in [6.07, 6.45) is 4.68. The molecule has 6 aliphatic heterocycles. The molecule has 0 radical (unpaired) electrons. The molecular formula is C33H34ClF2N7O5. The van der Waals surface area contributed by atoms with E-state index in [2.05, 4.69) is 25.1 Å². The first kappa shape index (κ1) is 30.2. The van der Waals surface area contributed by atoms with Crippen molar-refractivity contribution in [2.24, 2.45) is 0 Å². The van der Waals surface area contributed by atoms with Crippen molar-refractivity contribution in [2.75, 3.05) is 50.9 Å². The number of hydrogen-bond acceptors (Lipinski definition) is 11. The van der Waals surface area contributed by atoms with Gasteiger partial charge in [0.05, 0.1) is 41.5 Å². The molecule has 4 fully saturated rings. The number of nitrogens with zero attached hydrogens (tertiary/aromatic N) is 6. The lowest BCUT2D eigenvalue weighted by molar-refractivity contribution is -0.208. The van der Waals surface area contributed by atoms with Crippen LogP contribution in [0.4, 0.5) is 19.4 Å². The van der Waals surface area contributed by atoms with Gasteiger partial charge in [0, 0.05) is 67.5 Å². The molecule has 252 valence electrons. The minimum absolute atomic E-state index is 0.0103. The monoisotopic (exact) mass is 681 g/mol. The number of hydrogen-bond donors (Lipinski definition) is 1. The van der Waals surface area contributed by atoms with Gasteiger partial charge in [-0.25, -0.2) is 13.6 Å². The third-order valence-corrected chi connectivity index (χ3v) is 11.1. The predicted molar refractivity (Wildman–Crippen MR) is 171 cm³/mol. The molecule has 4 aromatic rings. The molecule has 15 heteroatoms. The molecule has 1 spiro atoms. The number of nitrogens with one attached hydrogen (secondary N) is 1. The Hall–Kier alpha value is -3.88. The van der Waals surface area contributed by atoms with Gasteiger partial charge in [-0.1, -0.05) is 11.6 Å². The molecule has 9 heterocycles. The van der Waals surface area contributed by atoms with Crippen LogP contribution in [0.25, 0.3) is 33.1 Å². The first-order valence-corrected chi connectivity index (χ1v) is 16.8. The Labute approximate surface area is 279 Å². The van der Waals surface area contributed by atoms with Gasteiger partial charge in [0.15, 0.2) is 5.82 Å². The second kappa shape index (κ2) is 10.8. The van der Waals surface area contributed by atoms with Gasteiger partial charge in [0.25, 0.3) is 0 Å². The topological polar surface area (TPSA) is 128 Å². The van der Waals surface area contributed by atoms with E-state index in [-0.39, 0.29) is 36.9 Å². The van der Waals surface area contributed by atoms with Gasteiger partial charge in [-0.05, 0) is 37.9 Å². The molecular weight excluding hydrogens is 648 g/mol. The van der Waals surface area contributed by atoms with Crippen molar-refractivity contribution in [3.63, 3.8) is 0 Å². The summed E-state index contributed by atoms with van der Waals surface area (Å²) in [7, 11) is 0. The number of ether oxygens (including phenoxy) is 4. The fourth-order valence-corrected chi connectivity index (χ4v) is 9.15. The lowest BCUT2D eigenvalue weighted by Crippen LogP contribution is -2.66. The second-order valence-corrected chi connectivity index (χ2v) is 14.5. The van der Waals surface area contributed by atoms with Gasteiger partial charge in [0.2, 0.25) is 0 Å². The molecule has 1 N–H and O–H groups in total. The summed E-state index contributed by atoms with van der Waals surface area (Å²) in [5, 5.41) is 8.41. The quantitative estimate of drug-likeness (QED) is 0.288. The van der Waals surface area contributed by atoms with Crippen LogP contribution in [0.1, 0.15) is 44.6 Å². The van der Waals surface area contributed by atoms with E-state index in [1.165, 1.54) is 0 Å². The largest absolute Gasteiger partial charge is 0.508 e. The molecule has 0 amide bonds. The molecule has 1 saturated carbocycles. The van der Waals surface area contributed by atoms with Crippen LogP contribution < -0.4 is 9.64 Å². The number of aromatic amines is 1. The summed E-state index contributed by atoms with van der Waals surface area (Å²) in [5.41, 5.74) is -0.237. The van der Waals surface area contributed by atoms with E-state index in [0.717, 1.165) is 19.4 Å².